The molecule has 1 heterocycles. The van der Waals surface area contributed by atoms with E-state index in [1.165, 1.54) is 0 Å². The number of amides is 1. The van der Waals surface area contributed by atoms with Crippen LogP contribution in [0.25, 0.3) is 5.69 Å². The van der Waals surface area contributed by atoms with Gasteiger partial charge >= 0.3 is 5.69 Å². The van der Waals surface area contributed by atoms with Gasteiger partial charge in [-0.2, -0.15) is 4.68 Å². The zero-order chi connectivity index (χ0) is 26.7. The second-order valence-corrected chi connectivity index (χ2v) is 7.60. The third kappa shape index (κ3) is 5.28. The van der Waals surface area contributed by atoms with Crippen molar-refractivity contribution in [1.29, 1.82) is 0 Å². The Morgan fingerprint density at radius 2 is 1.92 bits per heavy atom. The molecule has 0 unspecified atom stereocenters. The third-order valence-electron chi connectivity index (χ3n) is 4.90. The highest BCUT2D eigenvalue weighted by Crippen LogP contribution is 2.32. The molecule has 194 valence electrons. The number of aromatic nitrogens is 3. The molecule has 1 atom stereocenters. The van der Waals surface area contributed by atoms with Crippen LogP contribution in [-0.4, -0.2) is 49.7 Å². The lowest BCUT2D eigenvalue weighted by atomic mass is 10.1. The molecule has 3 aromatic rings. The first-order chi connectivity index (χ1) is 17.0. The summed E-state index contributed by atoms with van der Waals surface area (Å²) in [5.74, 6) is -5.21. The van der Waals surface area contributed by atoms with Crippen molar-refractivity contribution in [1.82, 2.24) is 14.3 Å². The van der Waals surface area contributed by atoms with E-state index in [0.717, 1.165) is 10.6 Å². The number of anilines is 1. The number of hydrogen-bond donors (Lipinski definition) is 3. The van der Waals surface area contributed by atoms with Gasteiger partial charge in [0.2, 0.25) is 0 Å². The van der Waals surface area contributed by atoms with Crippen LogP contribution in [0.5, 0.6) is 11.5 Å². The van der Waals surface area contributed by atoms with Crippen LogP contribution in [0.15, 0.2) is 29.1 Å². The second-order valence-electron chi connectivity index (χ2n) is 7.20. The van der Waals surface area contributed by atoms with Gasteiger partial charge in [-0.15, -0.1) is 5.10 Å². The maximum atomic E-state index is 15.1. The van der Waals surface area contributed by atoms with Gasteiger partial charge in [-0.1, -0.05) is 11.6 Å². The van der Waals surface area contributed by atoms with Gasteiger partial charge in [0.05, 0.1) is 16.3 Å². The van der Waals surface area contributed by atoms with Crippen LogP contribution in [-0.2, 0) is 13.2 Å². The number of phenols is 1. The SMILES string of the molecule is CCn1c(CO)nn(-c2cc(O[C@@H](CF)C(F)F)c(C(=O)Nc3c(F)cc(O)cc3Cl)cc2F)c1=O. The second kappa shape index (κ2) is 11.0. The summed E-state index contributed by atoms with van der Waals surface area (Å²) in [6.07, 6.45) is -5.73. The summed E-state index contributed by atoms with van der Waals surface area (Å²) < 4.78 is 75.2. The Morgan fingerprint density at radius 1 is 1.22 bits per heavy atom. The van der Waals surface area contributed by atoms with Crippen LogP contribution in [0.2, 0.25) is 5.02 Å². The average molecular weight is 537 g/mol. The number of carbonyl (C=O) groups is 1. The van der Waals surface area contributed by atoms with E-state index in [1.807, 2.05) is 5.32 Å². The zero-order valence-electron chi connectivity index (χ0n) is 18.3. The Kier molecular flexibility index (Phi) is 8.20. The highest BCUT2D eigenvalue weighted by Gasteiger charge is 2.28. The number of ether oxygens (including phenoxy) is 1. The number of aliphatic hydroxyl groups is 1. The molecule has 9 nitrogen and oxygen atoms in total. The van der Waals surface area contributed by atoms with E-state index >= 15 is 4.39 Å². The Balaban J connectivity index is 2.15. The molecule has 1 aromatic heterocycles. The van der Waals surface area contributed by atoms with E-state index in [1.54, 1.807) is 6.92 Å². The first-order valence-corrected chi connectivity index (χ1v) is 10.5. The van der Waals surface area contributed by atoms with Crippen LogP contribution in [0.1, 0.15) is 23.1 Å². The molecule has 2 aromatic carbocycles. The predicted octanol–water partition coefficient (Wildman–Crippen LogP) is 3.42. The summed E-state index contributed by atoms with van der Waals surface area (Å²) in [5.41, 5.74) is -2.97. The van der Waals surface area contributed by atoms with Gasteiger partial charge in [-0.3, -0.25) is 9.36 Å². The van der Waals surface area contributed by atoms with Crippen molar-refractivity contribution in [3.63, 3.8) is 0 Å². The number of carbonyl (C=O) groups excluding carboxylic acids is 1. The Bertz CT molecular complexity index is 1320. The molecule has 0 aliphatic carbocycles. The highest BCUT2D eigenvalue weighted by atomic mass is 35.5. The maximum Gasteiger partial charge on any atom is 0.350 e. The molecule has 15 heteroatoms. The van der Waals surface area contributed by atoms with Gasteiger partial charge < -0.3 is 20.3 Å². The summed E-state index contributed by atoms with van der Waals surface area (Å²) in [4.78, 5) is 25.4. The number of aromatic hydroxyl groups is 1. The van der Waals surface area contributed by atoms with Gasteiger partial charge in [0.15, 0.2) is 17.7 Å². The standard InChI is InChI=1S/C21H18ClF5N4O5/c1-2-30-17(8-32)29-31(21(30)35)14-6-15(36-16(7-23)19(26)27)10(5-12(14)24)20(34)28-18-11(22)3-9(33)4-13(18)25/h3-6,16,19,32-33H,2,7-8H2,1H3,(H,28,34)/t16-/m0/s1. The monoisotopic (exact) mass is 536 g/mol. The fourth-order valence-electron chi connectivity index (χ4n) is 3.18. The van der Waals surface area contributed by atoms with Crippen molar-refractivity contribution in [2.75, 3.05) is 12.0 Å². The number of hydrogen-bond acceptors (Lipinski definition) is 6. The third-order valence-corrected chi connectivity index (χ3v) is 5.19. The first kappa shape index (κ1) is 26.9. The first-order valence-electron chi connectivity index (χ1n) is 10.2. The summed E-state index contributed by atoms with van der Waals surface area (Å²) >= 11 is 5.82. The normalized spacial score (nSPS) is 12.1. The summed E-state index contributed by atoms with van der Waals surface area (Å²) in [6, 6.07) is 2.67. The molecule has 0 fully saturated rings. The number of aliphatic hydroxyl groups excluding tert-OH is 1. The molecule has 1 amide bonds. The van der Waals surface area contributed by atoms with Crippen LogP contribution >= 0.6 is 11.6 Å². The van der Waals surface area contributed by atoms with Crippen molar-refractivity contribution in [2.45, 2.75) is 32.6 Å². The number of halogens is 6. The molecule has 0 bridgehead atoms. The lowest BCUT2D eigenvalue weighted by Gasteiger charge is -2.19. The molecule has 0 aliphatic rings. The quantitative estimate of drug-likeness (QED) is 0.285. The molecule has 0 aliphatic heterocycles. The molecule has 0 saturated heterocycles. The Labute approximate surface area is 204 Å². The molecule has 3 rings (SSSR count). The van der Waals surface area contributed by atoms with Gasteiger partial charge in [0.25, 0.3) is 12.3 Å². The fraction of sp³-hybridized carbons (Fsp3) is 0.286. The fourth-order valence-corrected chi connectivity index (χ4v) is 3.43. The molecule has 36 heavy (non-hydrogen) atoms. The minimum atomic E-state index is -3.36. The smallest absolute Gasteiger partial charge is 0.350 e. The van der Waals surface area contributed by atoms with Gasteiger partial charge in [-0.05, 0) is 13.0 Å². The largest absolute Gasteiger partial charge is 0.508 e. The van der Waals surface area contributed by atoms with Crippen molar-refractivity contribution in [3.05, 3.63) is 62.8 Å². The Hall–Kier alpha value is -3.65. The number of phenolic OH excluding ortho intramolecular Hbond substituents is 1. The number of rotatable bonds is 9. The van der Waals surface area contributed by atoms with Gasteiger partial charge in [0.1, 0.15) is 36.3 Å². The van der Waals surface area contributed by atoms with Crippen LogP contribution in [0, 0.1) is 11.6 Å². The van der Waals surface area contributed by atoms with E-state index in [2.05, 4.69) is 5.10 Å². The van der Waals surface area contributed by atoms with Crippen molar-refractivity contribution >= 4 is 23.2 Å². The molecule has 3 N–H and O–H groups in total. The topological polar surface area (TPSA) is 119 Å². The van der Waals surface area contributed by atoms with Gasteiger partial charge in [-0.25, -0.2) is 26.7 Å². The van der Waals surface area contributed by atoms with E-state index < -0.39 is 82.5 Å². The summed E-state index contributed by atoms with van der Waals surface area (Å²) in [5, 5.41) is 24.1. The van der Waals surface area contributed by atoms with Crippen molar-refractivity contribution < 1.29 is 41.7 Å². The molecular weight excluding hydrogens is 519 g/mol. The van der Waals surface area contributed by atoms with Gasteiger partial charge in [0, 0.05) is 24.7 Å². The summed E-state index contributed by atoms with van der Waals surface area (Å²) in [6.45, 7) is -0.778. The minimum Gasteiger partial charge on any atom is -0.508 e. The van der Waals surface area contributed by atoms with E-state index in [0.29, 0.717) is 22.9 Å². The summed E-state index contributed by atoms with van der Waals surface area (Å²) in [7, 11) is 0. The maximum absolute atomic E-state index is 15.1. The zero-order valence-corrected chi connectivity index (χ0v) is 19.1. The van der Waals surface area contributed by atoms with Crippen LogP contribution < -0.4 is 15.7 Å². The number of nitrogens with one attached hydrogen (secondary N) is 1. The van der Waals surface area contributed by atoms with E-state index in [4.69, 9.17) is 16.3 Å². The predicted molar refractivity (Wildman–Crippen MR) is 117 cm³/mol. The number of benzene rings is 2. The molecule has 0 saturated carbocycles. The van der Waals surface area contributed by atoms with Crippen molar-refractivity contribution in [3.8, 4) is 17.2 Å². The molecule has 0 spiro atoms. The Morgan fingerprint density at radius 3 is 2.44 bits per heavy atom. The van der Waals surface area contributed by atoms with Crippen LogP contribution in [0.4, 0.5) is 27.6 Å². The average Bonchev–Trinajstić information content (AvgIpc) is 3.14. The number of alkyl halides is 3. The van der Waals surface area contributed by atoms with E-state index in [-0.39, 0.29) is 12.4 Å². The minimum absolute atomic E-state index is 0.0501. The molecular formula is C21H18ClF5N4O5. The van der Waals surface area contributed by atoms with Crippen LogP contribution in [0.3, 0.4) is 0 Å². The highest BCUT2D eigenvalue weighted by molar-refractivity contribution is 6.34. The molecule has 0 radical (unpaired) electrons. The van der Waals surface area contributed by atoms with Crippen molar-refractivity contribution in [2.24, 2.45) is 0 Å². The number of nitrogens with zero attached hydrogens (tertiary/aromatic N) is 3. The van der Waals surface area contributed by atoms with E-state index in [9.17, 15) is 37.4 Å². The lowest BCUT2D eigenvalue weighted by molar-refractivity contribution is -0.00159. The lowest BCUT2D eigenvalue weighted by Crippen LogP contribution is -2.29.